The average Bonchev–Trinajstić information content (AvgIpc) is 2.87. The van der Waals surface area contributed by atoms with E-state index < -0.39 is 17.5 Å². The molecular formula is C16H18ClN3O4. The maximum Gasteiger partial charge on any atom is 0.306 e. The van der Waals surface area contributed by atoms with Gasteiger partial charge in [-0.1, -0.05) is 18.5 Å². The summed E-state index contributed by atoms with van der Waals surface area (Å²) in [6.45, 7) is 1.91. The molecule has 0 atom stereocenters. The Labute approximate surface area is 143 Å². The molecule has 0 bridgehead atoms. The number of aryl methyl sites for hydroxylation is 1. The molecule has 0 radical (unpaired) electrons. The average molecular weight is 352 g/mol. The normalized spacial score (nSPS) is 23.0. The van der Waals surface area contributed by atoms with E-state index >= 15 is 0 Å². The zero-order valence-corrected chi connectivity index (χ0v) is 13.9. The highest BCUT2D eigenvalue weighted by molar-refractivity contribution is 6.30. The smallest absolute Gasteiger partial charge is 0.306 e. The monoisotopic (exact) mass is 351 g/mol. The van der Waals surface area contributed by atoms with Gasteiger partial charge < -0.3 is 15.5 Å². The second kappa shape index (κ2) is 6.07. The van der Waals surface area contributed by atoms with Gasteiger partial charge in [-0.2, -0.15) is 0 Å². The molecule has 1 aliphatic carbocycles. The largest absolute Gasteiger partial charge is 0.481 e. The first-order valence-electron chi connectivity index (χ1n) is 7.73. The van der Waals surface area contributed by atoms with E-state index in [9.17, 15) is 14.7 Å². The molecule has 3 rings (SSSR count). The summed E-state index contributed by atoms with van der Waals surface area (Å²) < 4.78 is 1.63. The van der Waals surface area contributed by atoms with Crippen molar-refractivity contribution in [3.05, 3.63) is 34.7 Å². The lowest BCUT2D eigenvalue weighted by molar-refractivity contribution is -0.157. The van der Waals surface area contributed by atoms with E-state index in [1.165, 1.54) is 0 Å². The molecule has 2 aromatic rings. The number of aliphatic carboxylic acids is 1. The van der Waals surface area contributed by atoms with Crippen molar-refractivity contribution < 1.29 is 19.8 Å². The first-order chi connectivity index (χ1) is 11.3. The summed E-state index contributed by atoms with van der Waals surface area (Å²) in [6, 6.07) is 3.43. The highest BCUT2D eigenvalue weighted by Crippen LogP contribution is 2.37. The van der Waals surface area contributed by atoms with E-state index in [0.717, 1.165) is 0 Å². The van der Waals surface area contributed by atoms with Gasteiger partial charge in [0.15, 0.2) is 0 Å². The Morgan fingerprint density at radius 3 is 2.79 bits per heavy atom. The number of fused-ring (bicyclic) bond motifs is 1. The lowest BCUT2D eigenvalue weighted by Crippen LogP contribution is -2.54. The molecule has 0 saturated heterocycles. The number of carbonyl (C=O) groups is 2. The van der Waals surface area contributed by atoms with E-state index in [4.69, 9.17) is 16.7 Å². The number of hydrogen-bond donors (Lipinski definition) is 3. The number of imidazole rings is 1. The molecule has 2 aromatic heterocycles. The molecule has 2 heterocycles. The summed E-state index contributed by atoms with van der Waals surface area (Å²) in [5.41, 5.74) is 0.477. The summed E-state index contributed by atoms with van der Waals surface area (Å²) in [5, 5.41) is 22.3. The van der Waals surface area contributed by atoms with Gasteiger partial charge in [-0.3, -0.25) is 14.0 Å². The first kappa shape index (κ1) is 16.7. The topological polar surface area (TPSA) is 104 Å². The number of amides is 1. The molecule has 1 fully saturated rings. The van der Waals surface area contributed by atoms with Gasteiger partial charge in [0.2, 0.25) is 0 Å². The van der Waals surface area contributed by atoms with Gasteiger partial charge in [0.05, 0.1) is 22.2 Å². The maximum absolute atomic E-state index is 12.6. The number of aromatic nitrogens is 2. The van der Waals surface area contributed by atoms with Gasteiger partial charge in [0, 0.05) is 12.7 Å². The van der Waals surface area contributed by atoms with Crippen LogP contribution in [-0.4, -0.2) is 43.6 Å². The zero-order valence-electron chi connectivity index (χ0n) is 13.1. The van der Waals surface area contributed by atoms with Crippen LogP contribution in [0.1, 0.15) is 35.9 Å². The summed E-state index contributed by atoms with van der Waals surface area (Å²) in [7, 11) is 0. The lowest BCUT2D eigenvalue weighted by atomic mass is 9.71. The summed E-state index contributed by atoms with van der Waals surface area (Å²) in [5.74, 6) is -1.84. The zero-order chi connectivity index (χ0) is 17.5. The minimum Gasteiger partial charge on any atom is -0.481 e. The van der Waals surface area contributed by atoms with E-state index in [1.807, 2.05) is 6.92 Å². The molecule has 24 heavy (non-hydrogen) atoms. The standard InChI is InChI=1S/C16H18ClN3O4/c1-2-11-13(20-7-10(17)3-4-12(20)19-11)14(21)18-8-16(24)5-9(6-16)15(22)23/h3-4,7,9,24H,2,5-6,8H2,1H3,(H,18,21)(H,22,23). The highest BCUT2D eigenvalue weighted by atomic mass is 35.5. The van der Waals surface area contributed by atoms with Crippen molar-refractivity contribution in [2.24, 2.45) is 5.92 Å². The third-order valence-electron chi connectivity index (χ3n) is 4.38. The third-order valence-corrected chi connectivity index (χ3v) is 4.61. The fourth-order valence-electron chi connectivity index (χ4n) is 3.06. The Balaban J connectivity index is 1.77. The third kappa shape index (κ3) is 2.97. The van der Waals surface area contributed by atoms with Crippen LogP contribution in [0.3, 0.4) is 0 Å². The van der Waals surface area contributed by atoms with Gasteiger partial charge >= 0.3 is 5.97 Å². The van der Waals surface area contributed by atoms with Crippen LogP contribution in [0.4, 0.5) is 0 Å². The highest BCUT2D eigenvalue weighted by Gasteiger charge is 2.46. The van der Waals surface area contributed by atoms with Crippen LogP contribution >= 0.6 is 11.6 Å². The van der Waals surface area contributed by atoms with Crippen LogP contribution in [-0.2, 0) is 11.2 Å². The summed E-state index contributed by atoms with van der Waals surface area (Å²) >= 11 is 6.00. The Hall–Kier alpha value is -2.12. The molecule has 8 heteroatoms. The van der Waals surface area contributed by atoms with E-state index in [-0.39, 0.29) is 25.3 Å². The fourth-order valence-corrected chi connectivity index (χ4v) is 3.22. The van der Waals surface area contributed by atoms with Crippen LogP contribution in [0.2, 0.25) is 5.02 Å². The molecule has 1 amide bonds. The molecule has 0 unspecified atom stereocenters. The lowest BCUT2D eigenvalue weighted by Gasteiger charge is -2.41. The van der Waals surface area contributed by atoms with Gasteiger partial charge in [-0.05, 0) is 31.4 Å². The van der Waals surface area contributed by atoms with E-state index in [0.29, 0.717) is 28.5 Å². The molecule has 7 nitrogen and oxygen atoms in total. The quantitative estimate of drug-likeness (QED) is 0.757. The molecule has 1 saturated carbocycles. The van der Waals surface area contributed by atoms with E-state index in [1.54, 1.807) is 22.7 Å². The second-order valence-electron chi connectivity index (χ2n) is 6.19. The van der Waals surface area contributed by atoms with Crippen LogP contribution in [0.25, 0.3) is 5.65 Å². The molecule has 3 N–H and O–H groups in total. The number of hydrogen-bond acceptors (Lipinski definition) is 4. The van der Waals surface area contributed by atoms with Crippen LogP contribution < -0.4 is 5.32 Å². The number of halogens is 1. The molecule has 128 valence electrons. The minimum absolute atomic E-state index is 0.00651. The number of carboxylic acids is 1. The molecule has 1 aliphatic rings. The van der Waals surface area contributed by atoms with Gasteiger partial charge in [-0.15, -0.1) is 0 Å². The maximum atomic E-state index is 12.6. The van der Waals surface area contributed by atoms with Crippen molar-refractivity contribution in [3.63, 3.8) is 0 Å². The van der Waals surface area contributed by atoms with Gasteiger partial charge in [-0.25, -0.2) is 4.98 Å². The Morgan fingerprint density at radius 1 is 1.46 bits per heavy atom. The predicted molar refractivity (Wildman–Crippen MR) is 87.2 cm³/mol. The van der Waals surface area contributed by atoms with E-state index in [2.05, 4.69) is 10.3 Å². The van der Waals surface area contributed by atoms with Crippen molar-refractivity contribution >= 4 is 29.1 Å². The number of carboxylic acid groups (broad SMARTS) is 1. The van der Waals surface area contributed by atoms with Crippen LogP contribution in [0.5, 0.6) is 0 Å². The molecular weight excluding hydrogens is 334 g/mol. The SMILES string of the molecule is CCc1nc2ccc(Cl)cn2c1C(=O)NCC1(O)CC(C(=O)O)C1. The van der Waals surface area contributed by atoms with Crippen molar-refractivity contribution in [2.75, 3.05) is 6.54 Å². The van der Waals surface area contributed by atoms with Gasteiger partial charge in [0.25, 0.3) is 5.91 Å². The van der Waals surface area contributed by atoms with Crippen molar-refractivity contribution in [1.29, 1.82) is 0 Å². The molecule has 0 aromatic carbocycles. The number of nitrogens with one attached hydrogen (secondary N) is 1. The van der Waals surface area contributed by atoms with Crippen LogP contribution in [0, 0.1) is 5.92 Å². The number of carbonyl (C=O) groups excluding carboxylic acids is 1. The number of nitrogens with zero attached hydrogens (tertiary/aromatic N) is 2. The van der Waals surface area contributed by atoms with Gasteiger partial charge in [0.1, 0.15) is 11.3 Å². The Bertz CT molecular complexity index is 811. The Kier molecular flexibility index (Phi) is 4.23. The molecule has 0 spiro atoms. The summed E-state index contributed by atoms with van der Waals surface area (Å²) in [6.07, 6.45) is 2.48. The first-order valence-corrected chi connectivity index (χ1v) is 8.10. The molecule has 0 aliphatic heterocycles. The van der Waals surface area contributed by atoms with Crippen molar-refractivity contribution in [3.8, 4) is 0 Å². The fraction of sp³-hybridized carbons (Fsp3) is 0.438. The number of aliphatic hydroxyl groups is 1. The number of rotatable bonds is 5. The van der Waals surface area contributed by atoms with Crippen molar-refractivity contribution in [1.82, 2.24) is 14.7 Å². The number of pyridine rings is 1. The predicted octanol–water partition coefficient (Wildman–Crippen LogP) is 1.51. The van der Waals surface area contributed by atoms with Crippen molar-refractivity contribution in [2.45, 2.75) is 31.8 Å². The van der Waals surface area contributed by atoms with Crippen LogP contribution in [0.15, 0.2) is 18.3 Å². The summed E-state index contributed by atoms with van der Waals surface area (Å²) in [4.78, 5) is 27.8. The minimum atomic E-state index is -1.16. The second-order valence-corrected chi connectivity index (χ2v) is 6.62. The Morgan fingerprint density at radius 2 is 2.17 bits per heavy atom.